The van der Waals surface area contributed by atoms with Gasteiger partial charge in [-0.3, -0.25) is 0 Å². The van der Waals surface area contributed by atoms with Gasteiger partial charge in [-0.15, -0.1) is 0 Å². The highest BCUT2D eigenvalue weighted by atomic mass is 79.9. The first-order valence-corrected chi connectivity index (χ1v) is 6.44. The van der Waals surface area contributed by atoms with Gasteiger partial charge in [-0.1, -0.05) is 0 Å². The Hall–Kier alpha value is -0.610. The first-order chi connectivity index (χ1) is 7.56. The third kappa shape index (κ3) is 2.55. The summed E-state index contributed by atoms with van der Waals surface area (Å²) in [7, 11) is 2.10. The fourth-order valence-electron chi connectivity index (χ4n) is 2.15. The molecule has 1 saturated carbocycles. The van der Waals surface area contributed by atoms with Crippen LogP contribution in [0.1, 0.15) is 18.4 Å². The van der Waals surface area contributed by atoms with Crippen molar-refractivity contribution < 1.29 is 0 Å². The Morgan fingerprint density at radius 2 is 2.25 bits per heavy atom. The summed E-state index contributed by atoms with van der Waals surface area (Å²) in [5.74, 6) is 1.78. The van der Waals surface area contributed by atoms with E-state index in [4.69, 9.17) is 5.73 Å². The summed E-state index contributed by atoms with van der Waals surface area (Å²) in [6.45, 7) is 3.14. The molecule has 0 aromatic carbocycles. The quantitative estimate of drug-likeness (QED) is 0.926. The van der Waals surface area contributed by atoms with Crippen molar-refractivity contribution in [1.82, 2.24) is 4.98 Å². The van der Waals surface area contributed by atoms with E-state index < -0.39 is 0 Å². The smallest absolute Gasteiger partial charge is 0.128 e. The Morgan fingerprint density at radius 3 is 2.81 bits per heavy atom. The van der Waals surface area contributed by atoms with Gasteiger partial charge in [0.1, 0.15) is 5.82 Å². The Kier molecular flexibility index (Phi) is 3.50. The Labute approximate surface area is 105 Å². The highest BCUT2D eigenvalue weighted by Gasteiger charge is 2.27. The molecule has 0 aliphatic heterocycles. The van der Waals surface area contributed by atoms with E-state index in [-0.39, 0.29) is 0 Å². The zero-order valence-corrected chi connectivity index (χ0v) is 11.4. The van der Waals surface area contributed by atoms with E-state index in [0.29, 0.717) is 6.04 Å². The zero-order valence-electron chi connectivity index (χ0n) is 9.78. The lowest BCUT2D eigenvalue weighted by Gasteiger charge is -2.35. The van der Waals surface area contributed by atoms with Crippen LogP contribution in [0.2, 0.25) is 0 Å². The molecule has 2 N–H and O–H groups in total. The molecule has 3 nitrogen and oxygen atoms in total. The van der Waals surface area contributed by atoms with Gasteiger partial charge in [-0.2, -0.15) is 0 Å². The molecule has 0 spiro atoms. The monoisotopic (exact) mass is 283 g/mol. The summed E-state index contributed by atoms with van der Waals surface area (Å²) in [6, 6.07) is 2.54. The largest absolute Gasteiger partial charge is 0.359 e. The lowest BCUT2D eigenvalue weighted by Crippen LogP contribution is -2.42. The average Bonchev–Trinajstić information content (AvgIpc) is 2.19. The molecular formula is C12H18BrN3. The molecule has 0 saturated heterocycles. The third-order valence-corrected chi connectivity index (χ3v) is 4.06. The lowest BCUT2D eigenvalue weighted by atomic mass is 9.80. The fraction of sp³-hybridized carbons (Fsp3) is 0.583. The number of anilines is 1. The average molecular weight is 284 g/mol. The number of hydrogen-bond donors (Lipinski definition) is 1. The maximum Gasteiger partial charge on any atom is 0.128 e. The second-order valence-electron chi connectivity index (χ2n) is 4.77. The molecule has 0 bridgehead atoms. The molecular weight excluding hydrogens is 266 g/mol. The number of nitrogens with zero attached hydrogens (tertiary/aromatic N) is 2. The SMILES string of the molecule is Cc1cc(N(C)CC2CC(N)C2)ncc1Br. The van der Waals surface area contributed by atoms with Crippen LogP contribution in [0.5, 0.6) is 0 Å². The summed E-state index contributed by atoms with van der Waals surface area (Å²) in [5.41, 5.74) is 7.01. The number of nitrogens with two attached hydrogens (primary N) is 1. The summed E-state index contributed by atoms with van der Waals surface area (Å²) >= 11 is 3.46. The van der Waals surface area contributed by atoms with Gasteiger partial charge >= 0.3 is 0 Å². The highest BCUT2D eigenvalue weighted by molar-refractivity contribution is 9.10. The molecule has 1 heterocycles. The van der Waals surface area contributed by atoms with Gasteiger partial charge in [0, 0.05) is 30.3 Å². The van der Waals surface area contributed by atoms with E-state index in [9.17, 15) is 0 Å². The summed E-state index contributed by atoms with van der Waals surface area (Å²) in [5, 5.41) is 0. The van der Waals surface area contributed by atoms with Crippen LogP contribution in [0.3, 0.4) is 0 Å². The molecule has 0 amide bonds. The van der Waals surface area contributed by atoms with Crippen LogP contribution in [0.15, 0.2) is 16.7 Å². The van der Waals surface area contributed by atoms with Gasteiger partial charge in [0.15, 0.2) is 0 Å². The maximum atomic E-state index is 5.79. The van der Waals surface area contributed by atoms with E-state index >= 15 is 0 Å². The van der Waals surface area contributed by atoms with E-state index in [1.807, 2.05) is 6.20 Å². The number of aryl methyl sites for hydroxylation is 1. The first kappa shape index (κ1) is 11.9. The van der Waals surface area contributed by atoms with Crippen LogP contribution in [0.25, 0.3) is 0 Å². The van der Waals surface area contributed by atoms with Crippen LogP contribution in [0.4, 0.5) is 5.82 Å². The molecule has 2 rings (SSSR count). The molecule has 0 radical (unpaired) electrons. The molecule has 0 atom stereocenters. The van der Waals surface area contributed by atoms with Gasteiger partial charge in [-0.25, -0.2) is 4.98 Å². The molecule has 16 heavy (non-hydrogen) atoms. The van der Waals surface area contributed by atoms with E-state index in [0.717, 1.165) is 35.6 Å². The van der Waals surface area contributed by atoms with Crippen molar-refractivity contribution in [1.29, 1.82) is 0 Å². The Morgan fingerprint density at radius 1 is 1.56 bits per heavy atom. The van der Waals surface area contributed by atoms with E-state index in [1.165, 1.54) is 5.56 Å². The molecule has 1 fully saturated rings. The Balaban J connectivity index is 1.97. The predicted octanol–water partition coefficient (Wildman–Crippen LogP) is 2.33. The van der Waals surface area contributed by atoms with Crippen molar-refractivity contribution in [3.05, 3.63) is 22.3 Å². The van der Waals surface area contributed by atoms with Crippen LogP contribution < -0.4 is 10.6 Å². The van der Waals surface area contributed by atoms with E-state index in [1.54, 1.807) is 0 Å². The predicted molar refractivity (Wildman–Crippen MR) is 70.6 cm³/mol. The summed E-state index contributed by atoms with van der Waals surface area (Å²) in [6.07, 6.45) is 4.17. The lowest BCUT2D eigenvalue weighted by molar-refractivity contribution is 0.270. The van der Waals surface area contributed by atoms with Gasteiger partial charge in [0.25, 0.3) is 0 Å². The van der Waals surface area contributed by atoms with Gasteiger partial charge in [-0.05, 0) is 53.2 Å². The normalized spacial score (nSPS) is 24.0. The molecule has 1 aromatic rings. The van der Waals surface area contributed by atoms with Crippen LogP contribution in [-0.4, -0.2) is 24.6 Å². The molecule has 1 aromatic heterocycles. The standard InChI is InChI=1S/C12H18BrN3/c1-8-3-12(15-6-11(8)13)16(2)7-9-4-10(14)5-9/h3,6,9-10H,4-5,7,14H2,1-2H3. The summed E-state index contributed by atoms with van der Waals surface area (Å²) in [4.78, 5) is 6.64. The minimum absolute atomic E-state index is 0.429. The number of aromatic nitrogens is 1. The number of halogens is 1. The van der Waals surface area contributed by atoms with Crippen molar-refractivity contribution in [2.45, 2.75) is 25.8 Å². The van der Waals surface area contributed by atoms with Crippen LogP contribution >= 0.6 is 15.9 Å². The second kappa shape index (κ2) is 4.72. The zero-order chi connectivity index (χ0) is 11.7. The fourth-order valence-corrected chi connectivity index (χ4v) is 2.37. The highest BCUT2D eigenvalue weighted by Crippen LogP contribution is 2.28. The molecule has 1 aliphatic carbocycles. The molecule has 1 aliphatic rings. The van der Waals surface area contributed by atoms with Gasteiger partial charge in [0.2, 0.25) is 0 Å². The molecule has 0 unspecified atom stereocenters. The Bertz CT molecular complexity index is 375. The van der Waals surface area contributed by atoms with Crippen molar-refractivity contribution >= 4 is 21.7 Å². The van der Waals surface area contributed by atoms with E-state index in [2.05, 4.69) is 45.9 Å². The number of pyridine rings is 1. The third-order valence-electron chi connectivity index (χ3n) is 3.23. The van der Waals surface area contributed by atoms with Crippen molar-refractivity contribution in [2.75, 3.05) is 18.5 Å². The minimum Gasteiger partial charge on any atom is -0.359 e. The van der Waals surface area contributed by atoms with Crippen LogP contribution in [-0.2, 0) is 0 Å². The first-order valence-electron chi connectivity index (χ1n) is 5.65. The topological polar surface area (TPSA) is 42.1 Å². The number of hydrogen-bond acceptors (Lipinski definition) is 3. The second-order valence-corrected chi connectivity index (χ2v) is 5.62. The molecule has 4 heteroatoms. The minimum atomic E-state index is 0.429. The molecule has 88 valence electrons. The van der Waals surface area contributed by atoms with Gasteiger partial charge < -0.3 is 10.6 Å². The van der Waals surface area contributed by atoms with Gasteiger partial charge in [0.05, 0.1) is 0 Å². The van der Waals surface area contributed by atoms with Crippen molar-refractivity contribution in [2.24, 2.45) is 11.7 Å². The summed E-state index contributed by atoms with van der Waals surface area (Å²) < 4.78 is 1.07. The number of rotatable bonds is 3. The maximum absolute atomic E-state index is 5.79. The van der Waals surface area contributed by atoms with Crippen LogP contribution in [0, 0.1) is 12.8 Å². The van der Waals surface area contributed by atoms with Crippen molar-refractivity contribution in [3.63, 3.8) is 0 Å². The van der Waals surface area contributed by atoms with Crippen molar-refractivity contribution in [3.8, 4) is 0 Å².